The molecule has 23 heavy (non-hydrogen) atoms. The van der Waals surface area contributed by atoms with Crippen LogP contribution in [0.2, 0.25) is 0 Å². The lowest BCUT2D eigenvalue weighted by molar-refractivity contribution is 0.0936. The smallest absolute Gasteiger partial charge is 0.269 e. The standard InChI is InChI=1S/C18H26N2O3/c1-12-8-14(11-18(2,3)10-12)19-20-17(21)13-6-7-15(22-4)16(9-13)23-5/h6-7,9,11-12,19H,8,10H2,1-5H3,(H,20,21)/t12-/m0/s1. The van der Waals surface area contributed by atoms with Gasteiger partial charge in [-0.25, -0.2) is 0 Å². The second kappa shape index (κ2) is 6.94. The van der Waals surface area contributed by atoms with Crippen LogP contribution in [-0.4, -0.2) is 20.1 Å². The number of rotatable bonds is 5. The van der Waals surface area contributed by atoms with Gasteiger partial charge in [-0.2, -0.15) is 0 Å². The zero-order chi connectivity index (χ0) is 17.0. The predicted octanol–water partition coefficient (Wildman–Crippen LogP) is 3.28. The minimum Gasteiger partial charge on any atom is -0.493 e. The molecule has 0 aliphatic heterocycles. The summed E-state index contributed by atoms with van der Waals surface area (Å²) in [4.78, 5) is 12.3. The molecule has 1 aromatic carbocycles. The summed E-state index contributed by atoms with van der Waals surface area (Å²) in [5, 5.41) is 0. The fourth-order valence-corrected chi connectivity index (χ4v) is 3.21. The van der Waals surface area contributed by atoms with Crippen LogP contribution in [0.4, 0.5) is 0 Å². The number of benzene rings is 1. The summed E-state index contributed by atoms with van der Waals surface area (Å²) >= 11 is 0. The molecular formula is C18H26N2O3. The van der Waals surface area contributed by atoms with Crippen molar-refractivity contribution in [3.8, 4) is 11.5 Å². The predicted molar refractivity (Wildman–Crippen MR) is 90.4 cm³/mol. The minimum absolute atomic E-state index is 0.147. The average molecular weight is 318 g/mol. The van der Waals surface area contributed by atoms with E-state index in [-0.39, 0.29) is 11.3 Å². The van der Waals surface area contributed by atoms with Crippen molar-refractivity contribution in [1.82, 2.24) is 10.9 Å². The lowest BCUT2D eigenvalue weighted by Gasteiger charge is -2.32. The lowest BCUT2D eigenvalue weighted by Crippen LogP contribution is -2.39. The Morgan fingerprint density at radius 1 is 1.22 bits per heavy atom. The molecule has 0 unspecified atom stereocenters. The highest BCUT2D eigenvalue weighted by Crippen LogP contribution is 2.35. The normalized spacial score (nSPS) is 19.5. The molecule has 1 aromatic rings. The zero-order valence-corrected chi connectivity index (χ0v) is 14.5. The van der Waals surface area contributed by atoms with E-state index in [2.05, 4.69) is 37.7 Å². The van der Waals surface area contributed by atoms with Crippen molar-refractivity contribution in [1.29, 1.82) is 0 Å². The van der Waals surface area contributed by atoms with E-state index in [0.717, 1.165) is 18.5 Å². The molecule has 0 spiro atoms. The Hall–Kier alpha value is -2.17. The van der Waals surface area contributed by atoms with Crippen LogP contribution in [0, 0.1) is 11.3 Å². The first kappa shape index (κ1) is 17.2. The van der Waals surface area contributed by atoms with E-state index in [4.69, 9.17) is 9.47 Å². The van der Waals surface area contributed by atoms with Crippen LogP contribution >= 0.6 is 0 Å². The molecule has 0 heterocycles. The van der Waals surface area contributed by atoms with Crippen LogP contribution < -0.4 is 20.3 Å². The van der Waals surface area contributed by atoms with E-state index < -0.39 is 0 Å². The van der Waals surface area contributed by atoms with Gasteiger partial charge in [0.15, 0.2) is 11.5 Å². The molecule has 0 bridgehead atoms. The van der Waals surface area contributed by atoms with E-state index in [0.29, 0.717) is 23.0 Å². The molecule has 126 valence electrons. The summed E-state index contributed by atoms with van der Waals surface area (Å²) in [5.41, 5.74) is 7.54. The van der Waals surface area contributed by atoms with Crippen LogP contribution in [0.25, 0.3) is 0 Å². The van der Waals surface area contributed by atoms with E-state index >= 15 is 0 Å². The van der Waals surface area contributed by atoms with Gasteiger partial charge in [-0.05, 0) is 42.4 Å². The lowest BCUT2D eigenvalue weighted by atomic mass is 9.76. The summed E-state index contributed by atoms with van der Waals surface area (Å²) in [6.07, 6.45) is 4.29. The number of ether oxygens (including phenoxy) is 2. The second-order valence-corrected chi connectivity index (χ2v) is 6.82. The van der Waals surface area contributed by atoms with Gasteiger partial charge >= 0.3 is 0 Å². The molecule has 1 aliphatic rings. The number of hydrazine groups is 1. The maximum atomic E-state index is 12.3. The summed E-state index contributed by atoms with van der Waals surface area (Å²) < 4.78 is 10.4. The van der Waals surface area contributed by atoms with Crippen molar-refractivity contribution >= 4 is 5.91 Å². The van der Waals surface area contributed by atoms with Gasteiger partial charge in [-0.3, -0.25) is 10.2 Å². The fraction of sp³-hybridized carbons (Fsp3) is 0.500. The topological polar surface area (TPSA) is 59.6 Å². The molecule has 1 amide bonds. The molecule has 5 nitrogen and oxygen atoms in total. The number of hydrogen-bond donors (Lipinski definition) is 2. The number of methoxy groups -OCH3 is 2. The van der Waals surface area contributed by atoms with Crippen LogP contribution in [0.15, 0.2) is 30.0 Å². The first-order chi connectivity index (χ1) is 10.8. The summed E-state index contributed by atoms with van der Waals surface area (Å²) in [7, 11) is 3.12. The molecule has 0 saturated carbocycles. The van der Waals surface area contributed by atoms with Gasteiger partial charge in [-0.1, -0.05) is 26.8 Å². The highest BCUT2D eigenvalue weighted by Gasteiger charge is 2.25. The second-order valence-electron chi connectivity index (χ2n) is 6.82. The Balaban J connectivity index is 2.04. The van der Waals surface area contributed by atoms with E-state index in [9.17, 15) is 4.79 Å². The number of allylic oxidation sites excluding steroid dienone is 2. The van der Waals surface area contributed by atoms with Gasteiger partial charge in [-0.15, -0.1) is 0 Å². The Bertz CT molecular complexity index is 608. The van der Waals surface area contributed by atoms with Gasteiger partial charge in [0.1, 0.15) is 0 Å². The van der Waals surface area contributed by atoms with Crippen molar-refractivity contribution in [2.24, 2.45) is 11.3 Å². The van der Waals surface area contributed by atoms with E-state index in [1.54, 1.807) is 32.4 Å². The zero-order valence-electron chi connectivity index (χ0n) is 14.5. The number of carbonyl (C=O) groups excluding carboxylic acids is 1. The molecule has 0 aromatic heterocycles. The Labute approximate surface area is 138 Å². The number of amides is 1. The van der Waals surface area contributed by atoms with Crippen molar-refractivity contribution in [3.63, 3.8) is 0 Å². The van der Waals surface area contributed by atoms with Gasteiger partial charge in [0.25, 0.3) is 5.91 Å². The maximum absolute atomic E-state index is 12.3. The van der Waals surface area contributed by atoms with Crippen LogP contribution in [0.5, 0.6) is 11.5 Å². The molecular weight excluding hydrogens is 292 g/mol. The van der Waals surface area contributed by atoms with E-state index in [1.165, 1.54) is 0 Å². The van der Waals surface area contributed by atoms with Crippen molar-refractivity contribution in [2.75, 3.05) is 14.2 Å². The third-order valence-electron chi connectivity index (χ3n) is 3.99. The molecule has 2 rings (SSSR count). The van der Waals surface area contributed by atoms with Gasteiger partial charge in [0, 0.05) is 11.3 Å². The summed E-state index contributed by atoms with van der Waals surface area (Å²) in [6.45, 7) is 6.65. The highest BCUT2D eigenvalue weighted by molar-refractivity contribution is 5.94. The number of carbonyl (C=O) groups is 1. The van der Waals surface area contributed by atoms with Crippen molar-refractivity contribution in [2.45, 2.75) is 33.6 Å². The molecule has 5 heteroatoms. The largest absolute Gasteiger partial charge is 0.493 e. The molecule has 0 radical (unpaired) electrons. The highest BCUT2D eigenvalue weighted by atomic mass is 16.5. The number of hydrogen-bond acceptors (Lipinski definition) is 4. The van der Waals surface area contributed by atoms with Crippen LogP contribution in [0.1, 0.15) is 44.0 Å². The van der Waals surface area contributed by atoms with Crippen LogP contribution in [0.3, 0.4) is 0 Å². The first-order valence-electron chi connectivity index (χ1n) is 7.85. The minimum atomic E-state index is -0.206. The SMILES string of the molecule is COc1ccc(C(=O)NNC2=CC(C)(C)C[C@@H](C)C2)cc1OC. The quantitative estimate of drug-likeness (QED) is 0.818. The Morgan fingerprint density at radius 2 is 1.91 bits per heavy atom. The first-order valence-corrected chi connectivity index (χ1v) is 7.85. The maximum Gasteiger partial charge on any atom is 0.269 e. The molecule has 0 saturated heterocycles. The molecule has 1 aliphatic carbocycles. The van der Waals surface area contributed by atoms with Gasteiger partial charge < -0.3 is 14.9 Å². The summed E-state index contributed by atoms with van der Waals surface area (Å²) in [5.74, 6) is 1.52. The molecule has 1 atom stereocenters. The molecule has 0 fully saturated rings. The Morgan fingerprint density at radius 3 is 2.52 bits per heavy atom. The van der Waals surface area contributed by atoms with Gasteiger partial charge in [0.05, 0.1) is 14.2 Å². The fourth-order valence-electron chi connectivity index (χ4n) is 3.21. The number of nitrogens with one attached hydrogen (secondary N) is 2. The van der Waals surface area contributed by atoms with Gasteiger partial charge in [0.2, 0.25) is 0 Å². The third kappa shape index (κ3) is 4.41. The van der Waals surface area contributed by atoms with Crippen molar-refractivity contribution in [3.05, 3.63) is 35.5 Å². The average Bonchev–Trinajstić information content (AvgIpc) is 2.50. The molecule has 2 N–H and O–H groups in total. The van der Waals surface area contributed by atoms with Crippen molar-refractivity contribution < 1.29 is 14.3 Å². The monoisotopic (exact) mass is 318 g/mol. The third-order valence-corrected chi connectivity index (χ3v) is 3.99. The summed E-state index contributed by atoms with van der Waals surface area (Å²) in [6, 6.07) is 5.09. The van der Waals surface area contributed by atoms with E-state index in [1.807, 2.05) is 0 Å². The van der Waals surface area contributed by atoms with Crippen LogP contribution in [-0.2, 0) is 0 Å². The Kier molecular flexibility index (Phi) is 5.19.